The van der Waals surface area contributed by atoms with E-state index in [1.807, 2.05) is 6.07 Å². The second kappa shape index (κ2) is 5.14. The third-order valence-corrected chi connectivity index (χ3v) is 2.93. The van der Waals surface area contributed by atoms with Crippen molar-refractivity contribution in [3.05, 3.63) is 40.6 Å². The summed E-state index contributed by atoms with van der Waals surface area (Å²) in [6.07, 6.45) is 2.56. The summed E-state index contributed by atoms with van der Waals surface area (Å²) < 4.78 is 5.91. The highest BCUT2D eigenvalue weighted by molar-refractivity contribution is 9.10. The summed E-state index contributed by atoms with van der Waals surface area (Å²) in [7, 11) is 1.58. The van der Waals surface area contributed by atoms with Crippen LogP contribution in [0.15, 0.2) is 35.1 Å². The molecule has 0 saturated heterocycles. The van der Waals surface area contributed by atoms with Crippen LogP contribution in [0.2, 0.25) is 0 Å². The van der Waals surface area contributed by atoms with Gasteiger partial charge in [-0.3, -0.25) is 0 Å². The molecule has 0 aliphatic carbocycles. The van der Waals surface area contributed by atoms with E-state index in [0.717, 1.165) is 10.0 Å². The Bertz CT molecular complexity index is 584. The van der Waals surface area contributed by atoms with Gasteiger partial charge in [0.15, 0.2) is 5.82 Å². The average Bonchev–Trinajstić information content (AvgIpc) is 2.38. The van der Waals surface area contributed by atoms with Crippen molar-refractivity contribution in [1.82, 2.24) is 9.97 Å². The highest BCUT2D eigenvalue weighted by Crippen LogP contribution is 2.28. The number of benzene rings is 1. The number of carbonyl (C=O) groups is 1. The number of nitrogens with zero attached hydrogens (tertiary/aromatic N) is 2. The molecule has 0 fully saturated rings. The summed E-state index contributed by atoms with van der Waals surface area (Å²) in [5.74, 6) is 0.127. The van der Waals surface area contributed by atoms with Gasteiger partial charge in [0.05, 0.1) is 17.1 Å². The number of aromatic nitrogens is 2. The first-order valence-corrected chi connectivity index (χ1v) is 5.80. The zero-order valence-corrected chi connectivity index (χ0v) is 11.0. The second-order valence-corrected chi connectivity index (χ2v) is 4.30. The van der Waals surface area contributed by atoms with E-state index in [-0.39, 0.29) is 5.56 Å². The maximum absolute atomic E-state index is 10.7. The zero-order valence-electron chi connectivity index (χ0n) is 9.42. The fourth-order valence-corrected chi connectivity index (χ4v) is 1.93. The van der Waals surface area contributed by atoms with Crippen molar-refractivity contribution >= 4 is 21.9 Å². The number of hydrogen-bond acceptors (Lipinski definition) is 4. The zero-order chi connectivity index (χ0) is 13.1. The fourth-order valence-electron chi connectivity index (χ4n) is 1.39. The van der Waals surface area contributed by atoms with E-state index in [4.69, 9.17) is 9.84 Å². The quantitative estimate of drug-likeness (QED) is 0.943. The Labute approximate surface area is 112 Å². The minimum Gasteiger partial charge on any atom is -0.496 e. The Morgan fingerprint density at radius 2 is 2.00 bits per heavy atom. The third kappa shape index (κ3) is 2.48. The maximum atomic E-state index is 10.7. The molecule has 1 aromatic carbocycles. The highest BCUT2D eigenvalue weighted by atomic mass is 79.9. The number of methoxy groups -OCH3 is 1. The van der Waals surface area contributed by atoms with Gasteiger partial charge in [-0.1, -0.05) is 0 Å². The van der Waals surface area contributed by atoms with Gasteiger partial charge in [0.25, 0.3) is 0 Å². The van der Waals surface area contributed by atoms with Crippen LogP contribution in [0.1, 0.15) is 10.4 Å². The SMILES string of the molecule is COc1ccc(-c2ncc(C(=O)O)cn2)cc1Br. The molecule has 2 rings (SSSR count). The van der Waals surface area contributed by atoms with E-state index in [9.17, 15) is 4.79 Å². The lowest BCUT2D eigenvalue weighted by atomic mass is 10.2. The van der Waals surface area contributed by atoms with Crippen LogP contribution in [0.25, 0.3) is 11.4 Å². The van der Waals surface area contributed by atoms with Crippen LogP contribution in [-0.4, -0.2) is 28.2 Å². The Morgan fingerprint density at radius 3 is 2.50 bits per heavy atom. The van der Waals surface area contributed by atoms with Crippen molar-refractivity contribution in [1.29, 1.82) is 0 Å². The summed E-state index contributed by atoms with van der Waals surface area (Å²) in [5, 5.41) is 8.75. The summed E-state index contributed by atoms with van der Waals surface area (Å²) in [4.78, 5) is 18.7. The molecule has 0 spiro atoms. The molecule has 5 nitrogen and oxygen atoms in total. The predicted octanol–water partition coefficient (Wildman–Crippen LogP) is 2.61. The molecule has 0 unspecified atom stereocenters. The predicted molar refractivity (Wildman–Crippen MR) is 68.7 cm³/mol. The van der Waals surface area contributed by atoms with Crippen LogP contribution in [0.3, 0.4) is 0 Å². The molecule has 1 N–H and O–H groups in total. The summed E-state index contributed by atoms with van der Waals surface area (Å²) in [6.45, 7) is 0. The van der Waals surface area contributed by atoms with Gasteiger partial charge in [-0.25, -0.2) is 14.8 Å². The first kappa shape index (κ1) is 12.5. The Hall–Kier alpha value is -1.95. The van der Waals surface area contributed by atoms with Gasteiger partial charge in [-0.15, -0.1) is 0 Å². The first-order valence-electron chi connectivity index (χ1n) is 5.01. The molecule has 0 bridgehead atoms. The summed E-state index contributed by atoms with van der Waals surface area (Å²) >= 11 is 3.37. The second-order valence-electron chi connectivity index (χ2n) is 3.45. The molecule has 2 aromatic rings. The van der Waals surface area contributed by atoms with Crippen molar-refractivity contribution in [2.75, 3.05) is 7.11 Å². The van der Waals surface area contributed by atoms with E-state index in [1.54, 1.807) is 19.2 Å². The molecule has 1 heterocycles. The van der Waals surface area contributed by atoms with Gasteiger partial charge in [-0.2, -0.15) is 0 Å². The van der Waals surface area contributed by atoms with Gasteiger partial charge >= 0.3 is 5.97 Å². The van der Waals surface area contributed by atoms with E-state index < -0.39 is 5.97 Å². The Morgan fingerprint density at radius 1 is 1.33 bits per heavy atom. The van der Waals surface area contributed by atoms with E-state index in [2.05, 4.69) is 25.9 Å². The van der Waals surface area contributed by atoms with Crippen molar-refractivity contribution in [3.8, 4) is 17.1 Å². The minimum atomic E-state index is -1.04. The molecule has 18 heavy (non-hydrogen) atoms. The fraction of sp³-hybridized carbons (Fsp3) is 0.0833. The van der Waals surface area contributed by atoms with Crippen LogP contribution >= 0.6 is 15.9 Å². The number of carboxylic acids is 1. The normalized spacial score (nSPS) is 10.1. The van der Waals surface area contributed by atoms with Crippen molar-refractivity contribution in [2.24, 2.45) is 0 Å². The number of halogens is 1. The minimum absolute atomic E-state index is 0.0614. The van der Waals surface area contributed by atoms with Crippen LogP contribution in [0, 0.1) is 0 Å². The highest BCUT2D eigenvalue weighted by Gasteiger charge is 2.08. The van der Waals surface area contributed by atoms with Crippen molar-refractivity contribution < 1.29 is 14.6 Å². The van der Waals surface area contributed by atoms with Crippen molar-refractivity contribution in [3.63, 3.8) is 0 Å². The van der Waals surface area contributed by atoms with Crippen LogP contribution < -0.4 is 4.74 Å². The van der Waals surface area contributed by atoms with Gasteiger partial charge in [0.2, 0.25) is 0 Å². The van der Waals surface area contributed by atoms with Crippen molar-refractivity contribution in [2.45, 2.75) is 0 Å². The maximum Gasteiger partial charge on any atom is 0.338 e. The number of aromatic carboxylic acids is 1. The van der Waals surface area contributed by atoms with Gasteiger partial charge in [0.1, 0.15) is 5.75 Å². The molecule has 0 amide bonds. The molecular formula is C12H9BrN2O3. The lowest BCUT2D eigenvalue weighted by Crippen LogP contribution is -1.99. The number of rotatable bonds is 3. The van der Waals surface area contributed by atoms with Crippen LogP contribution in [-0.2, 0) is 0 Å². The lowest BCUT2D eigenvalue weighted by Gasteiger charge is -2.05. The Balaban J connectivity index is 2.36. The molecule has 0 aliphatic rings. The molecule has 0 saturated carbocycles. The lowest BCUT2D eigenvalue weighted by molar-refractivity contribution is 0.0696. The average molecular weight is 309 g/mol. The standard InChI is InChI=1S/C12H9BrN2O3/c1-18-10-3-2-7(4-9(10)13)11-14-5-8(6-15-11)12(16)17/h2-6H,1H3,(H,16,17). The van der Waals surface area contributed by atoms with E-state index in [0.29, 0.717) is 11.6 Å². The molecule has 0 atom stereocenters. The van der Waals surface area contributed by atoms with E-state index in [1.165, 1.54) is 12.4 Å². The number of hydrogen-bond donors (Lipinski definition) is 1. The number of ether oxygens (including phenoxy) is 1. The molecule has 0 radical (unpaired) electrons. The smallest absolute Gasteiger partial charge is 0.338 e. The first-order chi connectivity index (χ1) is 8.61. The number of carboxylic acid groups (broad SMARTS) is 1. The monoisotopic (exact) mass is 308 g/mol. The van der Waals surface area contributed by atoms with Gasteiger partial charge in [-0.05, 0) is 34.1 Å². The van der Waals surface area contributed by atoms with Crippen LogP contribution in [0.5, 0.6) is 5.75 Å². The molecule has 1 aromatic heterocycles. The van der Waals surface area contributed by atoms with Gasteiger partial charge < -0.3 is 9.84 Å². The summed E-state index contributed by atoms with van der Waals surface area (Å²) in [6, 6.07) is 5.40. The summed E-state index contributed by atoms with van der Waals surface area (Å²) in [5.41, 5.74) is 0.839. The topological polar surface area (TPSA) is 72.3 Å². The third-order valence-electron chi connectivity index (χ3n) is 2.31. The Kier molecular flexibility index (Phi) is 3.57. The van der Waals surface area contributed by atoms with Gasteiger partial charge in [0, 0.05) is 18.0 Å². The molecule has 6 heteroatoms. The molecule has 92 valence electrons. The molecular weight excluding hydrogens is 300 g/mol. The van der Waals surface area contributed by atoms with E-state index >= 15 is 0 Å². The van der Waals surface area contributed by atoms with Crippen LogP contribution in [0.4, 0.5) is 0 Å². The largest absolute Gasteiger partial charge is 0.496 e. The molecule has 0 aliphatic heterocycles.